The van der Waals surface area contributed by atoms with E-state index in [9.17, 15) is 0 Å². The zero-order valence-electron chi connectivity index (χ0n) is 8.73. The first kappa shape index (κ1) is 11.0. The lowest BCUT2D eigenvalue weighted by atomic mass is 10.0. The van der Waals surface area contributed by atoms with Crippen molar-refractivity contribution in [2.45, 2.75) is 5.60 Å². The average Bonchev–Trinajstić information content (AvgIpc) is 3.12. The molecule has 1 saturated heterocycles. The third-order valence-electron chi connectivity index (χ3n) is 2.72. The van der Waals surface area contributed by atoms with Crippen molar-refractivity contribution in [1.29, 1.82) is 0 Å². The number of hydrogen-bond donors (Lipinski definition) is 0. The lowest BCUT2D eigenvalue weighted by Crippen LogP contribution is -2.14. The average molecular weight is 267 g/mol. The molecule has 1 aliphatic rings. The van der Waals surface area contributed by atoms with Gasteiger partial charge in [0.25, 0.3) is 0 Å². The van der Waals surface area contributed by atoms with E-state index in [0.29, 0.717) is 16.7 Å². The Morgan fingerprint density at radius 3 is 1.71 bits per heavy atom. The number of aromatic nitrogens is 2. The number of rotatable bonds is 2. The summed E-state index contributed by atoms with van der Waals surface area (Å²) in [4.78, 5) is 8.56. The van der Waals surface area contributed by atoms with Gasteiger partial charge in [0.1, 0.15) is 0 Å². The summed E-state index contributed by atoms with van der Waals surface area (Å²) in [5.41, 5.74) is 1.11. The van der Waals surface area contributed by atoms with E-state index < -0.39 is 5.60 Å². The topological polar surface area (TPSA) is 38.3 Å². The van der Waals surface area contributed by atoms with Crippen LogP contribution in [0.1, 0.15) is 11.4 Å². The van der Waals surface area contributed by atoms with E-state index in [0.717, 1.165) is 11.4 Å². The first-order chi connectivity index (χ1) is 8.21. The van der Waals surface area contributed by atoms with Gasteiger partial charge in [0.2, 0.25) is 0 Å². The van der Waals surface area contributed by atoms with Crippen molar-refractivity contribution in [3.05, 3.63) is 58.1 Å². The summed E-state index contributed by atoms with van der Waals surface area (Å²) in [6.07, 6.45) is 3.21. The van der Waals surface area contributed by atoms with Gasteiger partial charge in [0.05, 0.1) is 28.0 Å². The van der Waals surface area contributed by atoms with Gasteiger partial charge in [-0.05, 0) is 24.3 Å². The molecule has 1 aliphatic heterocycles. The SMILES string of the molecule is Clc1ccc(C2(c3ccc(Cl)cn3)CO2)nc1. The summed E-state index contributed by atoms with van der Waals surface area (Å²) in [6.45, 7) is 0.580. The van der Waals surface area contributed by atoms with Gasteiger partial charge < -0.3 is 4.74 Å². The fraction of sp³-hybridized carbons (Fsp3) is 0.167. The van der Waals surface area contributed by atoms with Crippen LogP contribution in [0.4, 0.5) is 0 Å². The molecule has 0 saturated carbocycles. The number of pyridine rings is 2. The van der Waals surface area contributed by atoms with Crippen LogP contribution < -0.4 is 0 Å². The maximum Gasteiger partial charge on any atom is 0.175 e. The zero-order valence-corrected chi connectivity index (χ0v) is 10.2. The van der Waals surface area contributed by atoms with E-state index in [4.69, 9.17) is 27.9 Å². The van der Waals surface area contributed by atoms with Crippen LogP contribution in [0.5, 0.6) is 0 Å². The van der Waals surface area contributed by atoms with Gasteiger partial charge in [-0.3, -0.25) is 9.97 Å². The van der Waals surface area contributed by atoms with Crippen LogP contribution in [0.15, 0.2) is 36.7 Å². The molecule has 0 amide bonds. The summed E-state index contributed by atoms with van der Waals surface area (Å²) < 4.78 is 5.54. The van der Waals surface area contributed by atoms with Gasteiger partial charge >= 0.3 is 0 Å². The van der Waals surface area contributed by atoms with Crippen LogP contribution in [0.25, 0.3) is 0 Å². The van der Waals surface area contributed by atoms with Gasteiger partial charge in [-0.15, -0.1) is 0 Å². The van der Waals surface area contributed by atoms with E-state index in [1.165, 1.54) is 0 Å². The Morgan fingerprint density at radius 1 is 0.941 bits per heavy atom. The Labute approximate surface area is 108 Å². The standard InChI is InChI=1S/C12H8Cl2N2O/c13-8-1-3-10(15-5-8)12(7-17-12)11-4-2-9(14)6-16-11/h1-6H,7H2. The summed E-state index contributed by atoms with van der Waals surface area (Å²) >= 11 is 11.6. The minimum Gasteiger partial charge on any atom is -0.356 e. The summed E-state index contributed by atoms with van der Waals surface area (Å²) in [6, 6.07) is 7.30. The van der Waals surface area contributed by atoms with Gasteiger partial charge in [-0.1, -0.05) is 23.2 Å². The fourth-order valence-corrected chi connectivity index (χ4v) is 1.95. The number of ether oxygens (including phenoxy) is 1. The molecule has 2 aromatic heterocycles. The molecular formula is C12H8Cl2N2O. The Bertz CT molecular complexity index is 488. The fourth-order valence-electron chi connectivity index (χ4n) is 1.73. The molecule has 3 heterocycles. The van der Waals surface area contributed by atoms with Crippen molar-refractivity contribution in [1.82, 2.24) is 9.97 Å². The third-order valence-corrected chi connectivity index (χ3v) is 3.16. The van der Waals surface area contributed by atoms with Crippen LogP contribution in [-0.2, 0) is 10.3 Å². The van der Waals surface area contributed by atoms with E-state index in [1.54, 1.807) is 24.5 Å². The quantitative estimate of drug-likeness (QED) is 0.785. The van der Waals surface area contributed by atoms with E-state index in [-0.39, 0.29) is 0 Å². The van der Waals surface area contributed by atoms with Crippen LogP contribution >= 0.6 is 23.2 Å². The number of hydrogen-bond acceptors (Lipinski definition) is 3. The van der Waals surface area contributed by atoms with Gasteiger partial charge in [0, 0.05) is 12.4 Å². The highest BCUT2D eigenvalue weighted by molar-refractivity contribution is 6.30. The molecule has 3 rings (SSSR count). The van der Waals surface area contributed by atoms with Crippen LogP contribution in [0, 0.1) is 0 Å². The van der Waals surface area contributed by atoms with Crippen LogP contribution in [-0.4, -0.2) is 16.6 Å². The third kappa shape index (κ3) is 1.90. The molecule has 17 heavy (non-hydrogen) atoms. The molecule has 0 spiro atoms. The van der Waals surface area contributed by atoms with Crippen molar-refractivity contribution < 1.29 is 4.74 Å². The number of nitrogens with zero attached hydrogens (tertiary/aromatic N) is 2. The lowest BCUT2D eigenvalue weighted by molar-refractivity contribution is 0.338. The summed E-state index contributed by atoms with van der Waals surface area (Å²) in [5, 5.41) is 1.21. The second-order valence-corrected chi connectivity index (χ2v) is 4.71. The second kappa shape index (κ2) is 3.95. The predicted octanol–water partition coefficient (Wildman–Crippen LogP) is 3.06. The van der Waals surface area contributed by atoms with Crippen LogP contribution in [0.2, 0.25) is 10.0 Å². The first-order valence-corrected chi connectivity index (χ1v) is 5.84. The summed E-state index contributed by atoms with van der Waals surface area (Å²) in [5.74, 6) is 0. The predicted molar refractivity (Wildman–Crippen MR) is 65.2 cm³/mol. The molecule has 0 bridgehead atoms. The van der Waals surface area contributed by atoms with Gasteiger partial charge in [-0.2, -0.15) is 0 Å². The minimum absolute atomic E-state index is 0.519. The number of epoxide rings is 1. The molecule has 0 unspecified atom stereocenters. The minimum atomic E-state index is -0.519. The Balaban J connectivity index is 2.01. The highest BCUT2D eigenvalue weighted by atomic mass is 35.5. The smallest absolute Gasteiger partial charge is 0.175 e. The molecule has 0 N–H and O–H groups in total. The number of halogens is 2. The highest BCUT2D eigenvalue weighted by Gasteiger charge is 2.50. The Kier molecular flexibility index (Phi) is 2.54. The van der Waals surface area contributed by atoms with E-state index in [2.05, 4.69) is 9.97 Å². The molecule has 2 aromatic rings. The van der Waals surface area contributed by atoms with Crippen molar-refractivity contribution in [3.8, 4) is 0 Å². The van der Waals surface area contributed by atoms with Crippen molar-refractivity contribution in [2.75, 3.05) is 6.61 Å². The molecular weight excluding hydrogens is 259 g/mol. The molecule has 1 fully saturated rings. The van der Waals surface area contributed by atoms with E-state index >= 15 is 0 Å². The van der Waals surface area contributed by atoms with Crippen molar-refractivity contribution in [2.24, 2.45) is 0 Å². The molecule has 0 atom stereocenters. The molecule has 3 nitrogen and oxygen atoms in total. The maximum atomic E-state index is 5.81. The van der Waals surface area contributed by atoms with Gasteiger partial charge in [-0.25, -0.2) is 0 Å². The van der Waals surface area contributed by atoms with Gasteiger partial charge in [0.15, 0.2) is 5.60 Å². The monoisotopic (exact) mass is 266 g/mol. The summed E-state index contributed by atoms with van der Waals surface area (Å²) in [7, 11) is 0. The molecule has 0 radical (unpaired) electrons. The van der Waals surface area contributed by atoms with Crippen molar-refractivity contribution >= 4 is 23.2 Å². The molecule has 86 valence electrons. The molecule has 5 heteroatoms. The Morgan fingerprint density at radius 2 is 1.41 bits per heavy atom. The molecule has 0 aliphatic carbocycles. The first-order valence-electron chi connectivity index (χ1n) is 5.09. The second-order valence-electron chi connectivity index (χ2n) is 3.84. The maximum absolute atomic E-state index is 5.81. The highest BCUT2D eigenvalue weighted by Crippen LogP contribution is 2.43. The van der Waals surface area contributed by atoms with E-state index in [1.807, 2.05) is 12.1 Å². The normalized spacial score (nSPS) is 16.8. The largest absolute Gasteiger partial charge is 0.356 e. The lowest BCUT2D eigenvalue weighted by Gasteiger charge is -2.10. The molecule has 0 aromatic carbocycles. The zero-order chi connectivity index (χ0) is 11.9. The Hall–Kier alpha value is -1.16. The van der Waals surface area contributed by atoms with Crippen molar-refractivity contribution in [3.63, 3.8) is 0 Å². The van der Waals surface area contributed by atoms with Crippen LogP contribution in [0.3, 0.4) is 0 Å².